The maximum atomic E-state index is 14.1. The highest BCUT2D eigenvalue weighted by atomic mass is 19.1. The van der Waals surface area contributed by atoms with Crippen LogP contribution in [0.15, 0.2) is 73.1 Å². The molecule has 0 saturated carbocycles. The number of benzene rings is 2. The molecular formula is C20H17FN2O2. The van der Waals surface area contributed by atoms with Gasteiger partial charge in [-0.3, -0.25) is 9.78 Å². The fraction of sp³-hybridized carbons (Fsp3) is 0.100. The minimum absolute atomic E-state index is 0.0224. The molecule has 4 nitrogen and oxygen atoms in total. The molecule has 3 rings (SSSR count). The molecule has 0 bridgehead atoms. The second-order valence-corrected chi connectivity index (χ2v) is 5.43. The molecule has 126 valence electrons. The number of hydrogen-bond acceptors (Lipinski definition) is 3. The summed E-state index contributed by atoms with van der Waals surface area (Å²) in [5, 5.41) is 0. The fourth-order valence-corrected chi connectivity index (χ4v) is 2.51. The number of rotatable bonds is 5. The number of carbonyl (C=O) groups excluding carboxylic acids is 1. The predicted molar refractivity (Wildman–Crippen MR) is 94.1 cm³/mol. The van der Waals surface area contributed by atoms with E-state index in [0.717, 1.165) is 5.56 Å². The highest BCUT2D eigenvalue weighted by Crippen LogP contribution is 2.25. The zero-order chi connectivity index (χ0) is 17.6. The Balaban J connectivity index is 2.02. The first-order valence-electron chi connectivity index (χ1n) is 7.78. The van der Waals surface area contributed by atoms with Crippen LogP contribution in [-0.4, -0.2) is 18.0 Å². The molecule has 25 heavy (non-hydrogen) atoms. The maximum absolute atomic E-state index is 14.1. The topological polar surface area (TPSA) is 42.4 Å². The van der Waals surface area contributed by atoms with E-state index < -0.39 is 11.7 Å². The number of aromatic nitrogens is 1. The summed E-state index contributed by atoms with van der Waals surface area (Å²) in [4.78, 5) is 18.6. The molecular weight excluding hydrogens is 319 g/mol. The summed E-state index contributed by atoms with van der Waals surface area (Å²) in [6.45, 7) is 0.272. The summed E-state index contributed by atoms with van der Waals surface area (Å²) < 4.78 is 19.4. The monoisotopic (exact) mass is 336 g/mol. The van der Waals surface area contributed by atoms with Crippen molar-refractivity contribution in [3.63, 3.8) is 0 Å². The Morgan fingerprint density at radius 2 is 1.96 bits per heavy atom. The number of hydrogen-bond donors (Lipinski definition) is 0. The SMILES string of the molecule is COc1cccc(N(Cc2cccnc2)C(=O)c2ccccc2F)c1. The molecule has 0 N–H and O–H groups in total. The Kier molecular flexibility index (Phi) is 5.04. The summed E-state index contributed by atoms with van der Waals surface area (Å²) in [5.41, 5.74) is 1.49. The third-order valence-corrected chi connectivity index (χ3v) is 3.78. The van der Waals surface area contributed by atoms with Crippen molar-refractivity contribution in [2.24, 2.45) is 0 Å². The number of anilines is 1. The number of nitrogens with zero attached hydrogens (tertiary/aromatic N) is 2. The van der Waals surface area contributed by atoms with Crippen LogP contribution in [-0.2, 0) is 6.54 Å². The quantitative estimate of drug-likeness (QED) is 0.705. The molecule has 0 fully saturated rings. The van der Waals surface area contributed by atoms with E-state index in [4.69, 9.17) is 4.74 Å². The van der Waals surface area contributed by atoms with Gasteiger partial charge in [0.05, 0.1) is 19.2 Å². The molecule has 0 spiro atoms. The molecule has 0 unspecified atom stereocenters. The van der Waals surface area contributed by atoms with Crippen molar-refractivity contribution in [1.29, 1.82) is 0 Å². The number of pyridine rings is 1. The van der Waals surface area contributed by atoms with Crippen LogP contribution in [0.4, 0.5) is 10.1 Å². The van der Waals surface area contributed by atoms with E-state index in [1.54, 1.807) is 62.0 Å². The van der Waals surface area contributed by atoms with Gasteiger partial charge in [0.2, 0.25) is 0 Å². The Labute approximate surface area is 145 Å². The first-order valence-corrected chi connectivity index (χ1v) is 7.78. The van der Waals surface area contributed by atoms with Crippen LogP contribution in [0.5, 0.6) is 5.75 Å². The fourth-order valence-electron chi connectivity index (χ4n) is 2.51. The largest absolute Gasteiger partial charge is 0.497 e. The molecule has 0 saturated heterocycles. The van der Waals surface area contributed by atoms with Crippen molar-refractivity contribution in [3.8, 4) is 5.75 Å². The molecule has 3 aromatic rings. The van der Waals surface area contributed by atoms with Gasteiger partial charge in [-0.1, -0.05) is 24.3 Å². The van der Waals surface area contributed by atoms with E-state index in [-0.39, 0.29) is 12.1 Å². The lowest BCUT2D eigenvalue weighted by molar-refractivity contribution is 0.0981. The van der Waals surface area contributed by atoms with Crippen molar-refractivity contribution < 1.29 is 13.9 Å². The van der Waals surface area contributed by atoms with E-state index >= 15 is 0 Å². The van der Waals surface area contributed by atoms with Crippen molar-refractivity contribution in [2.75, 3.05) is 12.0 Å². The highest BCUT2D eigenvalue weighted by molar-refractivity contribution is 6.06. The highest BCUT2D eigenvalue weighted by Gasteiger charge is 2.21. The molecule has 0 aliphatic carbocycles. The molecule has 0 aliphatic heterocycles. The normalized spacial score (nSPS) is 10.3. The zero-order valence-electron chi connectivity index (χ0n) is 13.7. The predicted octanol–water partition coefficient (Wildman–Crippen LogP) is 4.08. The molecule has 0 radical (unpaired) electrons. The third-order valence-electron chi connectivity index (χ3n) is 3.78. The second kappa shape index (κ2) is 7.57. The van der Waals surface area contributed by atoms with Crippen LogP contribution in [0.1, 0.15) is 15.9 Å². The molecule has 0 aliphatic rings. The van der Waals surface area contributed by atoms with E-state index in [9.17, 15) is 9.18 Å². The standard InChI is InChI=1S/C20H17FN2O2/c1-25-17-8-4-7-16(12-17)23(14-15-6-5-11-22-13-15)20(24)18-9-2-3-10-19(18)21/h2-13H,14H2,1H3. The number of amides is 1. The Hall–Kier alpha value is -3.21. The van der Waals surface area contributed by atoms with Crippen LogP contribution in [0.2, 0.25) is 0 Å². The van der Waals surface area contributed by atoms with Gasteiger partial charge in [0, 0.05) is 24.1 Å². The van der Waals surface area contributed by atoms with E-state index in [2.05, 4.69) is 4.98 Å². The summed E-state index contributed by atoms with van der Waals surface area (Å²) >= 11 is 0. The van der Waals surface area contributed by atoms with Gasteiger partial charge in [-0.05, 0) is 35.9 Å². The van der Waals surface area contributed by atoms with Gasteiger partial charge < -0.3 is 9.64 Å². The lowest BCUT2D eigenvalue weighted by atomic mass is 10.1. The van der Waals surface area contributed by atoms with Crippen LogP contribution in [0.25, 0.3) is 0 Å². The van der Waals surface area contributed by atoms with Crippen LogP contribution in [0, 0.1) is 5.82 Å². The minimum atomic E-state index is -0.549. The van der Waals surface area contributed by atoms with E-state index in [1.165, 1.54) is 17.0 Å². The van der Waals surface area contributed by atoms with Crippen molar-refractivity contribution >= 4 is 11.6 Å². The third kappa shape index (κ3) is 3.83. The molecule has 2 aromatic carbocycles. The first-order chi connectivity index (χ1) is 12.2. The summed E-state index contributed by atoms with van der Waals surface area (Å²) in [5.74, 6) is -0.350. The van der Waals surface area contributed by atoms with Gasteiger partial charge in [0.1, 0.15) is 11.6 Å². The van der Waals surface area contributed by atoms with Crippen LogP contribution >= 0.6 is 0 Å². The van der Waals surface area contributed by atoms with E-state index in [0.29, 0.717) is 11.4 Å². The van der Waals surface area contributed by atoms with Crippen molar-refractivity contribution in [1.82, 2.24) is 4.98 Å². The van der Waals surface area contributed by atoms with E-state index in [1.807, 2.05) is 6.07 Å². The first kappa shape index (κ1) is 16.6. The number of halogens is 1. The zero-order valence-corrected chi connectivity index (χ0v) is 13.7. The lowest BCUT2D eigenvalue weighted by Crippen LogP contribution is -2.31. The molecule has 1 heterocycles. The average molecular weight is 336 g/mol. The number of ether oxygens (including phenoxy) is 1. The van der Waals surface area contributed by atoms with Crippen LogP contribution in [0.3, 0.4) is 0 Å². The lowest BCUT2D eigenvalue weighted by Gasteiger charge is -2.23. The van der Waals surface area contributed by atoms with Gasteiger partial charge in [0.25, 0.3) is 5.91 Å². The summed E-state index contributed by atoms with van der Waals surface area (Å²) in [6, 6.07) is 16.7. The number of methoxy groups -OCH3 is 1. The van der Waals surface area contributed by atoms with Crippen molar-refractivity contribution in [2.45, 2.75) is 6.54 Å². The Bertz CT molecular complexity index is 868. The van der Waals surface area contributed by atoms with Gasteiger partial charge in [-0.25, -0.2) is 4.39 Å². The van der Waals surface area contributed by atoms with Gasteiger partial charge in [-0.2, -0.15) is 0 Å². The Morgan fingerprint density at radius 3 is 2.68 bits per heavy atom. The molecule has 5 heteroatoms. The average Bonchev–Trinajstić information content (AvgIpc) is 2.67. The minimum Gasteiger partial charge on any atom is -0.497 e. The van der Waals surface area contributed by atoms with Crippen LogP contribution < -0.4 is 9.64 Å². The smallest absolute Gasteiger partial charge is 0.261 e. The summed E-state index contributed by atoms with van der Waals surface area (Å²) in [6.07, 6.45) is 3.35. The van der Waals surface area contributed by atoms with Crippen molar-refractivity contribution in [3.05, 3.63) is 90.0 Å². The van der Waals surface area contributed by atoms with Gasteiger partial charge in [0.15, 0.2) is 0 Å². The molecule has 0 atom stereocenters. The Morgan fingerprint density at radius 1 is 1.12 bits per heavy atom. The number of carbonyl (C=O) groups is 1. The molecule has 1 amide bonds. The maximum Gasteiger partial charge on any atom is 0.261 e. The van der Waals surface area contributed by atoms with Gasteiger partial charge in [-0.15, -0.1) is 0 Å². The summed E-state index contributed by atoms with van der Waals surface area (Å²) in [7, 11) is 1.56. The molecule has 1 aromatic heterocycles. The second-order valence-electron chi connectivity index (χ2n) is 5.43. The van der Waals surface area contributed by atoms with Gasteiger partial charge >= 0.3 is 0 Å².